The van der Waals surface area contributed by atoms with Gasteiger partial charge in [-0.05, 0) is 18.7 Å². The number of anilines is 1. The Kier molecular flexibility index (Phi) is 5.83. The SMILES string of the molecule is CCSCC(C)NC(=O)c1cnccc1NC. The molecule has 0 fully saturated rings. The summed E-state index contributed by atoms with van der Waals surface area (Å²) in [5, 5.41) is 5.95. The lowest BCUT2D eigenvalue weighted by Crippen LogP contribution is -2.34. The van der Waals surface area contributed by atoms with Crippen molar-refractivity contribution < 1.29 is 4.79 Å². The lowest BCUT2D eigenvalue weighted by Gasteiger charge is -2.14. The maximum Gasteiger partial charge on any atom is 0.255 e. The minimum Gasteiger partial charge on any atom is -0.387 e. The van der Waals surface area contributed by atoms with Gasteiger partial charge in [0.2, 0.25) is 0 Å². The van der Waals surface area contributed by atoms with Crippen molar-refractivity contribution in [2.45, 2.75) is 19.9 Å². The van der Waals surface area contributed by atoms with Crippen LogP contribution in [0.1, 0.15) is 24.2 Å². The first-order chi connectivity index (χ1) is 8.19. The second-order valence-corrected chi connectivity index (χ2v) is 5.02. The lowest BCUT2D eigenvalue weighted by atomic mass is 10.2. The first-order valence-electron chi connectivity index (χ1n) is 5.69. The molecule has 1 atom stereocenters. The van der Waals surface area contributed by atoms with Gasteiger partial charge < -0.3 is 10.6 Å². The Morgan fingerprint density at radius 1 is 1.59 bits per heavy atom. The Morgan fingerprint density at radius 3 is 3.00 bits per heavy atom. The summed E-state index contributed by atoms with van der Waals surface area (Å²) in [5.74, 6) is 1.92. The van der Waals surface area contributed by atoms with Crippen molar-refractivity contribution >= 4 is 23.4 Å². The Balaban J connectivity index is 2.63. The molecule has 0 saturated heterocycles. The second kappa shape index (κ2) is 7.17. The summed E-state index contributed by atoms with van der Waals surface area (Å²) in [6.07, 6.45) is 3.25. The van der Waals surface area contributed by atoms with Gasteiger partial charge in [0.15, 0.2) is 0 Å². The normalized spacial score (nSPS) is 11.9. The van der Waals surface area contributed by atoms with Crippen LogP contribution in [0.4, 0.5) is 5.69 Å². The van der Waals surface area contributed by atoms with Crippen LogP contribution < -0.4 is 10.6 Å². The topological polar surface area (TPSA) is 54.0 Å². The third-order valence-corrected chi connectivity index (χ3v) is 3.43. The van der Waals surface area contributed by atoms with E-state index in [0.717, 1.165) is 17.2 Å². The number of pyridine rings is 1. The molecule has 0 aliphatic heterocycles. The highest BCUT2D eigenvalue weighted by Crippen LogP contribution is 2.12. The largest absolute Gasteiger partial charge is 0.387 e. The van der Waals surface area contributed by atoms with Gasteiger partial charge >= 0.3 is 0 Å². The van der Waals surface area contributed by atoms with Crippen LogP contribution in [-0.2, 0) is 0 Å². The molecule has 0 spiro atoms. The standard InChI is InChI=1S/C12H19N3OS/c1-4-17-8-9(2)15-12(16)10-7-14-6-5-11(10)13-3/h5-7,9H,4,8H2,1-3H3,(H,13,14)(H,15,16). The maximum atomic E-state index is 12.0. The van der Waals surface area contributed by atoms with Gasteiger partial charge in [-0.15, -0.1) is 0 Å². The highest BCUT2D eigenvalue weighted by Gasteiger charge is 2.13. The van der Waals surface area contributed by atoms with Crippen molar-refractivity contribution in [2.75, 3.05) is 23.9 Å². The maximum absolute atomic E-state index is 12.0. The van der Waals surface area contributed by atoms with Crippen LogP contribution in [0.25, 0.3) is 0 Å². The van der Waals surface area contributed by atoms with Crippen LogP contribution in [0, 0.1) is 0 Å². The first kappa shape index (κ1) is 13.8. The van der Waals surface area contributed by atoms with Crippen molar-refractivity contribution in [3.63, 3.8) is 0 Å². The van der Waals surface area contributed by atoms with E-state index in [1.165, 1.54) is 0 Å². The van der Waals surface area contributed by atoms with Crippen LogP contribution >= 0.6 is 11.8 Å². The molecule has 1 unspecified atom stereocenters. The molecule has 1 rings (SSSR count). The first-order valence-corrected chi connectivity index (χ1v) is 6.84. The molecule has 1 amide bonds. The average Bonchev–Trinajstić information content (AvgIpc) is 2.36. The van der Waals surface area contributed by atoms with E-state index in [4.69, 9.17) is 0 Å². The Labute approximate surface area is 107 Å². The molecule has 1 heterocycles. The molecule has 94 valence electrons. The van der Waals surface area contributed by atoms with Crippen molar-refractivity contribution in [3.8, 4) is 0 Å². The quantitative estimate of drug-likeness (QED) is 0.814. The van der Waals surface area contributed by atoms with Crippen LogP contribution in [0.3, 0.4) is 0 Å². The number of amides is 1. The predicted octanol–water partition coefficient (Wildman–Crippen LogP) is 1.99. The van der Waals surface area contributed by atoms with E-state index >= 15 is 0 Å². The van der Waals surface area contributed by atoms with Gasteiger partial charge in [-0.3, -0.25) is 9.78 Å². The smallest absolute Gasteiger partial charge is 0.255 e. The second-order valence-electron chi connectivity index (χ2n) is 3.71. The molecule has 0 aliphatic rings. The molecule has 17 heavy (non-hydrogen) atoms. The highest BCUT2D eigenvalue weighted by atomic mass is 32.2. The molecule has 0 aromatic carbocycles. The molecule has 4 nitrogen and oxygen atoms in total. The van der Waals surface area contributed by atoms with Gasteiger partial charge in [-0.2, -0.15) is 11.8 Å². The monoisotopic (exact) mass is 253 g/mol. The van der Waals surface area contributed by atoms with Gasteiger partial charge in [0, 0.05) is 36.9 Å². The zero-order valence-electron chi connectivity index (χ0n) is 10.5. The minimum absolute atomic E-state index is 0.0772. The van der Waals surface area contributed by atoms with Crippen molar-refractivity contribution in [1.29, 1.82) is 0 Å². The molecule has 5 heteroatoms. The predicted molar refractivity (Wildman–Crippen MR) is 73.7 cm³/mol. The fourth-order valence-corrected chi connectivity index (χ4v) is 2.10. The number of carbonyl (C=O) groups is 1. The number of nitrogens with one attached hydrogen (secondary N) is 2. The number of aromatic nitrogens is 1. The number of nitrogens with zero attached hydrogens (tertiary/aromatic N) is 1. The summed E-state index contributed by atoms with van der Waals surface area (Å²) in [6, 6.07) is 1.96. The number of rotatable bonds is 6. The van der Waals surface area contributed by atoms with E-state index in [0.29, 0.717) is 5.56 Å². The molecule has 0 radical (unpaired) electrons. The van der Waals surface area contributed by atoms with Gasteiger partial charge in [0.25, 0.3) is 5.91 Å². The van der Waals surface area contributed by atoms with Crippen LogP contribution in [-0.4, -0.2) is 35.5 Å². The number of hydrogen-bond donors (Lipinski definition) is 2. The summed E-state index contributed by atoms with van der Waals surface area (Å²) in [6.45, 7) is 4.12. The number of carbonyl (C=O) groups excluding carboxylic acids is 1. The molecule has 0 saturated carbocycles. The molecule has 1 aromatic rings. The summed E-state index contributed by atoms with van der Waals surface area (Å²) >= 11 is 1.82. The molecule has 1 aromatic heterocycles. The molecule has 0 aliphatic carbocycles. The summed E-state index contributed by atoms with van der Waals surface area (Å²) in [7, 11) is 1.79. The van der Waals surface area contributed by atoms with Crippen molar-refractivity contribution in [3.05, 3.63) is 24.0 Å². The van der Waals surface area contributed by atoms with Gasteiger partial charge in [-0.25, -0.2) is 0 Å². The fraction of sp³-hybridized carbons (Fsp3) is 0.500. The van der Waals surface area contributed by atoms with Crippen LogP contribution in [0.5, 0.6) is 0 Å². The number of hydrogen-bond acceptors (Lipinski definition) is 4. The van der Waals surface area contributed by atoms with E-state index in [-0.39, 0.29) is 11.9 Å². The van der Waals surface area contributed by atoms with E-state index in [9.17, 15) is 4.79 Å². The Bertz CT molecular complexity index is 371. The zero-order chi connectivity index (χ0) is 12.7. The summed E-state index contributed by atoms with van der Waals surface area (Å²) < 4.78 is 0. The Hall–Kier alpha value is -1.23. The zero-order valence-corrected chi connectivity index (χ0v) is 11.3. The Morgan fingerprint density at radius 2 is 2.35 bits per heavy atom. The van der Waals surface area contributed by atoms with E-state index in [1.54, 1.807) is 25.5 Å². The average molecular weight is 253 g/mol. The van der Waals surface area contributed by atoms with Crippen LogP contribution in [0.15, 0.2) is 18.5 Å². The molecule has 0 bridgehead atoms. The van der Waals surface area contributed by atoms with E-state index < -0.39 is 0 Å². The number of thioether (sulfide) groups is 1. The van der Waals surface area contributed by atoms with Crippen molar-refractivity contribution in [1.82, 2.24) is 10.3 Å². The van der Waals surface area contributed by atoms with Crippen LogP contribution in [0.2, 0.25) is 0 Å². The third kappa shape index (κ3) is 4.26. The molecular weight excluding hydrogens is 234 g/mol. The minimum atomic E-state index is -0.0772. The van der Waals surface area contributed by atoms with Crippen molar-refractivity contribution in [2.24, 2.45) is 0 Å². The highest BCUT2D eigenvalue weighted by molar-refractivity contribution is 7.99. The van der Waals surface area contributed by atoms with Gasteiger partial charge in [0.05, 0.1) is 5.56 Å². The van der Waals surface area contributed by atoms with E-state index in [2.05, 4.69) is 22.5 Å². The van der Waals surface area contributed by atoms with E-state index in [1.807, 2.05) is 18.7 Å². The lowest BCUT2D eigenvalue weighted by molar-refractivity contribution is 0.0944. The molecular formula is C12H19N3OS. The fourth-order valence-electron chi connectivity index (χ4n) is 1.43. The van der Waals surface area contributed by atoms with Gasteiger partial charge in [0.1, 0.15) is 0 Å². The molecule has 2 N–H and O–H groups in total. The summed E-state index contributed by atoms with van der Waals surface area (Å²) in [5.41, 5.74) is 1.39. The van der Waals surface area contributed by atoms with Gasteiger partial charge in [-0.1, -0.05) is 6.92 Å². The third-order valence-electron chi connectivity index (χ3n) is 2.28. The summed E-state index contributed by atoms with van der Waals surface area (Å²) in [4.78, 5) is 16.0.